The molecule has 0 amide bonds. The number of carboxylic acids is 1. The van der Waals surface area contributed by atoms with E-state index in [0.29, 0.717) is 34.3 Å². The van der Waals surface area contributed by atoms with E-state index in [4.69, 9.17) is 9.47 Å². The molecule has 3 rings (SSSR count). The first-order valence-electron chi connectivity index (χ1n) is 8.18. The molecule has 7 nitrogen and oxygen atoms in total. The van der Waals surface area contributed by atoms with Crippen LogP contribution in [0.1, 0.15) is 33.5 Å². The zero-order chi connectivity index (χ0) is 19.6. The minimum absolute atomic E-state index is 0.0142. The second kappa shape index (κ2) is 7.63. The molecule has 140 valence electrons. The van der Waals surface area contributed by atoms with Gasteiger partial charge in [0.05, 0.1) is 29.9 Å². The maximum atomic E-state index is 12.3. The van der Waals surface area contributed by atoms with Crippen molar-refractivity contribution >= 4 is 39.7 Å². The summed E-state index contributed by atoms with van der Waals surface area (Å²) in [4.78, 5) is 30.8. The Morgan fingerprint density at radius 2 is 2.11 bits per heavy atom. The zero-order valence-electron chi connectivity index (χ0n) is 15.0. The molecule has 1 N–H and O–H groups in total. The molecule has 0 aliphatic carbocycles. The monoisotopic (exact) mass is 385 g/mol. The summed E-state index contributed by atoms with van der Waals surface area (Å²) in [5.74, 6) is 0.261. The van der Waals surface area contributed by atoms with Gasteiger partial charge < -0.3 is 24.4 Å². The third-order valence-electron chi connectivity index (χ3n) is 3.93. The normalized spacial score (nSPS) is 11.2. The number of ether oxygens (including phenoxy) is 2. The van der Waals surface area contributed by atoms with Crippen molar-refractivity contribution in [2.75, 3.05) is 13.7 Å². The molecule has 2 heterocycles. The van der Waals surface area contributed by atoms with Crippen molar-refractivity contribution in [2.45, 2.75) is 13.8 Å². The van der Waals surface area contributed by atoms with Gasteiger partial charge in [-0.3, -0.25) is 4.79 Å². The molecule has 0 aliphatic heterocycles. The average molecular weight is 385 g/mol. The first-order chi connectivity index (χ1) is 12.9. The molecular weight excluding hydrogens is 368 g/mol. The summed E-state index contributed by atoms with van der Waals surface area (Å²) in [5, 5.41) is 11.4. The molecule has 0 bridgehead atoms. The number of nitrogens with one attached hydrogen (secondary N) is 1. The summed E-state index contributed by atoms with van der Waals surface area (Å²) in [5.41, 5.74) is 0.816. The van der Waals surface area contributed by atoms with Crippen molar-refractivity contribution in [1.29, 1.82) is 0 Å². The van der Waals surface area contributed by atoms with E-state index in [-0.39, 0.29) is 15.8 Å². The second-order valence-corrected chi connectivity index (χ2v) is 6.65. The number of aryl methyl sites for hydroxylation is 1. The molecule has 0 atom stereocenters. The quantitative estimate of drug-likeness (QED) is 0.698. The first-order valence-corrected chi connectivity index (χ1v) is 9.00. The smallest absolute Gasteiger partial charge is 0.260 e. The Bertz CT molecular complexity index is 1100. The average Bonchev–Trinajstić information content (AvgIpc) is 2.98. The number of methoxy groups -OCH3 is 1. The van der Waals surface area contributed by atoms with E-state index in [1.165, 1.54) is 0 Å². The summed E-state index contributed by atoms with van der Waals surface area (Å²) in [7, 11) is 1.56. The Balaban J connectivity index is 1.97. The molecular formula is C19H17N2O5S-. The molecule has 0 saturated heterocycles. The number of thiophene rings is 1. The summed E-state index contributed by atoms with van der Waals surface area (Å²) in [6.07, 6.45) is 3.41. The van der Waals surface area contributed by atoms with E-state index in [0.717, 1.165) is 16.9 Å². The van der Waals surface area contributed by atoms with E-state index < -0.39 is 5.97 Å². The van der Waals surface area contributed by atoms with Gasteiger partial charge in [0.2, 0.25) is 0 Å². The van der Waals surface area contributed by atoms with Crippen molar-refractivity contribution in [1.82, 2.24) is 9.97 Å². The number of aromatic carboxylic acids is 1. The standard InChI is InChI=1S/C19H18N2O5S/c1-4-26-12-7-5-11(9-13(12)25-3)6-8-14-20-17(22)15-10(2)16(19(23)24)27-18(15)21-14/h5-9H,4H2,1-3H3,(H,23,24)(H,20,21,22)/p-1/b8-6+. The van der Waals surface area contributed by atoms with Crippen LogP contribution >= 0.6 is 11.3 Å². The fraction of sp³-hybridized carbons (Fsp3) is 0.211. The van der Waals surface area contributed by atoms with Crippen molar-refractivity contribution < 1.29 is 19.4 Å². The maximum Gasteiger partial charge on any atom is 0.260 e. The number of hydrogen-bond acceptors (Lipinski definition) is 7. The highest BCUT2D eigenvalue weighted by Gasteiger charge is 2.14. The predicted molar refractivity (Wildman–Crippen MR) is 102 cm³/mol. The third-order valence-corrected chi connectivity index (χ3v) is 5.09. The molecule has 0 saturated carbocycles. The summed E-state index contributed by atoms with van der Waals surface area (Å²) in [6.45, 7) is 4.00. The highest BCUT2D eigenvalue weighted by atomic mass is 32.1. The van der Waals surface area contributed by atoms with E-state index >= 15 is 0 Å². The SMILES string of the molecule is CCOc1ccc(/C=C/c2nc3sc(C(=O)[O-])c(C)c3c(=O)[nH]2)cc1OC. The van der Waals surface area contributed by atoms with Gasteiger partial charge in [0, 0.05) is 0 Å². The van der Waals surface area contributed by atoms with Gasteiger partial charge >= 0.3 is 0 Å². The third kappa shape index (κ3) is 3.70. The lowest BCUT2D eigenvalue weighted by atomic mass is 10.2. The van der Waals surface area contributed by atoms with E-state index in [2.05, 4.69) is 9.97 Å². The molecule has 0 radical (unpaired) electrons. The van der Waals surface area contributed by atoms with Crippen molar-refractivity contribution in [2.24, 2.45) is 0 Å². The van der Waals surface area contributed by atoms with Gasteiger partial charge in [-0.05, 0) is 43.2 Å². The number of benzene rings is 1. The van der Waals surface area contributed by atoms with Gasteiger partial charge in [-0.1, -0.05) is 12.1 Å². The van der Waals surface area contributed by atoms with Gasteiger partial charge in [-0.15, -0.1) is 11.3 Å². The number of aromatic nitrogens is 2. The molecule has 1 aromatic carbocycles. The summed E-state index contributed by atoms with van der Waals surface area (Å²) < 4.78 is 10.8. The lowest BCUT2D eigenvalue weighted by molar-refractivity contribution is -0.254. The number of hydrogen-bond donors (Lipinski definition) is 1. The molecule has 3 aromatic rings. The van der Waals surface area contributed by atoms with Gasteiger partial charge in [0.15, 0.2) is 11.5 Å². The second-order valence-electron chi connectivity index (χ2n) is 5.65. The molecule has 0 aliphatic rings. The number of carbonyl (C=O) groups excluding carboxylic acids is 1. The largest absolute Gasteiger partial charge is 0.544 e. The molecule has 0 unspecified atom stereocenters. The Kier molecular flexibility index (Phi) is 5.27. The topological polar surface area (TPSA) is 104 Å². The molecule has 8 heteroatoms. The minimum Gasteiger partial charge on any atom is -0.544 e. The number of carbonyl (C=O) groups is 1. The van der Waals surface area contributed by atoms with Crippen LogP contribution in [0.25, 0.3) is 22.4 Å². The minimum atomic E-state index is -1.31. The van der Waals surface area contributed by atoms with Crippen LogP contribution in [0.15, 0.2) is 23.0 Å². The van der Waals surface area contributed by atoms with Gasteiger partial charge in [-0.2, -0.15) is 0 Å². The fourth-order valence-electron chi connectivity index (χ4n) is 2.67. The first kappa shape index (κ1) is 18.7. The van der Waals surface area contributed by atoms with Crippen LogP contribution in [0.2, 0.25) is 0 Å². The van der Waals surface area contributed by atoms with Crippen LogP contribution in [0.3, 0.4) is 0 Å². The maximum absolute atomic E-state index is 12.3. The van der Waals surface area contributed by atoms with Crippen LogP contribution in [0.4, 0.5) is 0 Å². The molecule has 2 aromatic heterocycles. The van der Waals surface area contributed by atoms with E-state index in [1.807, 2.05) is 19.1 Å². The Hall–Kier alpha value is -3.13. The Morgan fingerprint density at radius 1 is 1.33 bits per heavy atom. The Labute approximate surface area is 158 Å². The van der Waals surface area contributed by atoms with Gasteiger partial charge in [-0.25, -0.2) is 4.98 Å². The van der Waals surface area contributed by atoms with Crippen molar-refractivity contribution in [3.8, 4) is 11.5 Å². The molecule has 0 spiro atoms. The predicted octanol–water partition coefficient (Wildman–Crippen LogP) is 2.23. The fourth-order valence-corrected chi connectivity index (χ4v) is 3.70. The highest BCUT2D eigenvalue weighted by molar-refractivity contribution is 7.20. The number of H-pyrrole nitrogens is 1. The van der Waals surface area contributed by atoms with Crippen molar-refractivity contribution in [3.05, 3.63) is 50.4 Å². The van der Waals surface area contributed by atoms with Gasteiger partial charge in [0.25, 0.3) is 5.56 Å². The van der Waals surface area contributed by atoms with E-state index in [1.54, 1.807) is 32.3 Å². The summed E-state index contributed by atoms with van der Waals surface area (Å²) >= 11 is 0.932. The van der Waals surface area contributed by atoms with E-state index in [9.17, 15) is 14.7 Å². The zero-order valence-corrected chi connectivity index (χ0v) is 15.8. The number of carboxylic acid groups (broad SMARTS) is 1. The van der Waals surface area contributed by atoms with Gasteiger partial charge in [0.1, 0.15) is 10.7 Å². The highest BCUT2D eigenvalue weighted by Crippen LogP contribution is 2.29. The summed E-state index contributed by atoms with van der Waals surface area (Å²) in [6, 6.07) is 5.46. The molecule has 0 fully saturated rings. The molecule has 27 heavy (non-hydrogen) atoms. The Morgan fingerprint density at radius 3 is 2.78 bits per heavy atom. The van der Waals surface area contributed by atoms with Crippen LogP contribution in [-0.4, -0.2) is 29.7 Å². The van der Waals surface area contributed by atoms with Crippen LogP contribution in [0.5, 0.6) is 11.5 Å². The number of fused-ring (bicyclic) bond motifs is 1. The van der Waals surface area contributed by atoms with Crippen LogP contribution in [0, 0.1) is 6.92 Å². The van der Waals surface area contributed by atoms with Crippen LogP contribution in [-0.2, 0) is 0 Å². The number of rotatable bonds is 6. The number of aromatic amines is 1. The van der Waals surface area contributed by atoms with Crippen LogP contribution < -0.4 is 20.1 Å². The van der Waals surface area contributed by atoms with Crippen molar-refractivity contribution in [3.63, 3.8) is 0 Å². The lowest BCUT2D eigenvalue weighted by Crippen LogP contribution is -2.21. The lowest BCUT2D eigenvalue weighted by Gasteiger charge is -2.09. The number of nitrogens with zero attached hydrogens (tertiary/aromatic N) is 1.